The normalized spacial score (nSPS) is 26.1. The van der Waals surface area contributed by atoms with Gasteiger partial charge in [-0.15, -0.1) is 0 Å². The molecule has 2 amide bonds. The Labute approximate surface area is 113 Å². The van der Waals surface area contributed by atoms with Crippen LogP contribution in [0.1, 0.15) is 19.8 Å². The van der Waals surface area contributed by atoms with Gasteiger partial charge in [0.2, 0.25) is 11.8 Å². The van der Waals surface area contributed by atoms with Crippen molar-refractivity contribution in [3.05, 3.63) is 0 Å². The maximum atomic E-state index is 12.4. The van der Waals surface area contributed by atoms with Gasteiger partial charge >= 0.3 is 0 Å². The molecule has 1 rings (SSSR count). The average Bonchev–Trinajstić information content (AvgIpc) is 2.22. The standard InChI is InChI=1S/C12H21N3O2S/c1-8-5-12(6-8,10(13)18)11(17)15(4)7-9(16)14(2)3/h8H,5-7H2,1-4H3,(H2,13,18). The first-order chi connectivity index (χ1) is 8.20. The first-order valence-electron chi connectivity index (χ1n) is 5.96. The third kappa shape index (κ3) is 2.63. The number of carbonyl (C=O) groups excluding carboxylic acids is 2. The number of carbonyl (C=O) groups is 2. The first kappa shape index (κ1) is 14.9. The number of nitrogens with two attached hydrogens (primary N) is 1. The summed E-state index contributed by atoms with van der Waals surface area (Å²) in [5.74, 6) is 0.202. The molecule has 0 aromatic rings. The van der Waals surface area contributed by atoms with E-state index in [9.17, 15) is 9.59 Å². The van der Waals surface area contributed by atoms with Crippen LogP contribution in [0.4, 0.5) is 0 Å². The fourth-order valence-electron chi connectivity index (χ4n) is 2.39. The van der Waals surface area contributed by atoms with Gasteiger partial charge in [-0.05, 0) is 18.8 Å². The number of amides is 2. The molecule has 102 valence electrons. The molecule has 1 aliphatic carbocycles. The fourth-order valence-corrected chi connectivity index (χ4v) is 2.65. The van der Waals surface area contributed by atoms with Crippen LogP contribution in [0, 0.1) is 11.3 Å². The van der Waals surface area contributed by atoms with Gasteiger partial charge in [0.25, 0.3) is 0 Å². The molecule has 2 N–H and O–H groups in total. The maximum absolute atomic E-state index is 12.4. The molecule has 0 radical (unpaired) electrons. The highest BCUT2D eigenvalue weighted by Gasteiger charge is 2.52. The molecule has 0 saturated heterocycles. The van der Waals surface area contributed by atoms with Crippen LogP contribution in [0.2, 0.25) is 0 Å². The van der Waals surface area contributed by atoms with Gasteiger partial charge in [0.05, 0.1) is 16.9 Å². The largest absolute Gasteiger partial charge is 0.392 e. The Morgan fingerprint density at radius 2 is 1.83 bits per heavy atom. The molecule has 1 fully saturated rings. The van der Waals surface area contributed by atoms with Crippen LogP contribution in [-0.4, -0.2) is 54.3 Å². The number of nitrogens with zero attached hydrogens (tertiary/aromatic N) is 2. The van der Waals surface area contributed by atoms with Crippen molar-refractivity contribution < 1.29 is 9.59 Å². The predicted molar refractivity (Wildman–Crippen MR) is 73.9 cm³/mol. The van der Waals surface area contributed by atoms with Gasteiger partial charge in [-0.2, -0.15) is 0 Å². The number of rotatable bonds is 4. The Kier molecular flexibility index (Phi) is 4.32. The predicted octanol–water partition coefficient (Wildman–Crippen LogP) is 0.235. The fraction of sp³-hybridized carbons (Fsp3) is 0.750. The van der Waals surface area contributed by atoms with Crippen molar-refractivity contribution >= 4 is 29.0 Å². The average molecular weight is 271 g/mol. The molecule has 1 aliphatic rings. The lowest BCUT2D eigenvalue weighted by Crippen LogP contribution is -2.57. The highest BCUT2D eigenvalue weighted by Crippen LogP contribution is 2.46. The van der Waals surface area contributed by atoms with Crippen LogP contribution in [0.25, 0.3) is 0 Å². The zero-order valence-electron chi connectivity index (χ0n) is 11.4. The maximum Gasteiger partial charge on any atom is 0.241 e. The smallest absolute Gasteiger partial charge is 0.241 e. The molecule has 5 nitrogen and oxygen atoms in total. The quantitative estimate of drug-likeness (QED) is 0.744. The summed E-state index contributed by atoms with van der Waals surface area (Å²) in [6, 6.07) is 0. The van der Waals surface area contributed by atoms with E-state index >= 15 is 0 Å². The lowest BCUT2D eigenvalue weighted by atomic mass is 9.61. The Morgan fingerprint density at radius 1 is 1.33 bits per heavy atom. The zero-order chi connectivity index (χ0) is 14.1. The summed E-state index contributed by atoms with van der Waals surface area (Å²) in [5, 5.41) is 0. The second-order valence-corrected chi connectivity index (χ2v) is 5.85. The third-order valence-corrected chi connectivity index (χ3v) is 3.88. The molecule has 1 saturated carbocycles. The Bertz CT molecular complexity index is 376. The molecule has 6 heteroatoms. The number of hydrogen-bond acceptors (Lipinski definition) is 3. The summed E-state index contributed by atoms with van der Waals surface area (Å²) in [5.41, 5.74) is 4.99. The SMILES string of the molecule is CC1CC(C(=O)N(C)CC(=O)N(C)C)(C(N)=S)C1. The topological polar surface area (TPSA) is 66.6 Å². The van der Waals surface area contributed by atoms with E-state index in [0.717, 1.165) is 0 Å². The second-order valence-electron chi connectivity index (χ2n) is 5.41. The zero-order valence-corrected chi connectivity index (χ0v) is 12.2. The van der Waals surface area contributed by atoms with Crippen molar-refractivity contribution in [2.75, 3.05) is 27.7 Å². The van der Waals surface area contributed by atoms with Crippen molar-refractivity contribution in [1.29, 1.82) is 0 Å². The molecule has 18 heavy (non-hydrogen) atoms. The van der Waals surface area contributed by atoms with Crippen molar-refractivity contribution in [3.63, 3.8) is 0 Å². The van der Waals surface area contributed by atoms with Gasteiger partial charge in [0.1, 0.15) is 0 Å². The van der Waals surface area contributed by atoms with E-state index in [4.69, 9.17) is 18.0 Å². The van der Waals surface area contributed by atoms with E-state index in [1.54, 1.807) is 21.1 Å². The molecular formula is C12H21N3O2S. The van der Waals surface area contributed by atoms with Crippen molar-refractivity contribution in [2.45, 2.75) is 19.8 Å². The Hall–Kier alpha value is -1.17. The van der Waals surface area contributed by atoms with Gasteiger partial charge in [0, 0.05) is 21.1 Å². The van der Waals surface area contributed by atoms with Gasteiger partial charge in [-0.25, -0.2) is 0 Å². The van der Waals surface area contributed by atoms with E-state index in [2.05, 4.69) is 6.92 Å². The highest BCUT2D eigenvalue weighted by molar-refractivity contribution is 7.80. The molecule has 0 atom stereocenters. The summed E-state index contributed by atoms with van der Waals surface area (Å²) in [4.78, 5) is 27.1. The summed E-state index contributed by atoms with van der Waals surface area (Å²) >= 11 is 5.03. The number of hydrogen-bond donors (Lipinski definition) is 1. The van der Waals surface area contributed by atoms with Crippen LogP contribution in [0.15, 0.2) is 0 Å². The summed E-state index contributed by atoms with van der Waals surface area (Å²) in [6.07, 6.45) is 1.36. The van der Waals surface area contributed by atoms with Gasteiger partial charge < -0.3 is 15.5 Å². The van der Waals surface area contributed by atoms with Crippen LogP contribution in [-0.2, 0) is 9.59 Å². The molecule has 0 bridgehead atoms. The number of thiocarbonyl (C=S) groups is 1. The van der Waals surface area contributed by atoms with E-state index in [0.29, 0.717) is 18.8 Å². The second kappa shape index (κ2) is 5.22. The minimum atomic E-state index is -0.726. The Morgan fingerprint density at radius 3 is 2.17 bits per heavy atom. The van der Waals surface area contributed by atoms with Crippen molar-refractivity contribution in [2.24, 2.45) is 17.1 Å². The lowest BCUT2D eigenvalue weighted by Gasteiger charge is -2.45. The monoisotopic (exact) mass is 271 g/mol. The van der Waals surface area contributed by atoms with E-state index in [-0.39, 0.29) is 23.3 Å². The number of likely N-dealkylation sites (N-methyl/N-ethyl adjacent to an activating group) is 2. The first-order valence-corrected chi connectivity index (χ1v) is 6.37. The van der Waals surface area contributed by atoms with E-state index in [1.165, 1.54) is 9.80 Å². The van der Waals surface area contributed by atoms with Crippen molar-refractivity contribution in [1.82, 2.24) is 9.80 Å². The highest BCUT2D eigenvalue weighted by atomic mass is 32.1. The summed E-state index contributed by atoms with van der Waals surface area (Å²) < 4.78 is 0. The molecule has 0 aliphatic heterocycles. The van der Waals surface area contributed by atoms with E-state index in [1.807, 2.05) is 0 Å². The van der Waals surface area contributed by atoms with Crippen molar-refractivity contribution in [3.8, 4) is 0 Å². The van der Waals surface area contributed by atoms with Crippen LogP contribution in [0.5, 0.6) is 0 Å². The molecule has 0 aromatic carbocycles. The van der Waals surface area contributed by atoms with Crippen LogP contribution < -0.4 is 5.73 Å². The van der Waals surface area contributed by atoms with E-state index < -0.39 is 5.41 Å². The van der Waals surface area contributed by atoms with Crippen LogP contribution >= 0.6 is 12.2 Å². The molecule has 0 aromatic heterocycles. The van der Waals surface area contributed by atoms with Gasteiger partial charge in [-0.3, -0.25) is 9.59 Å². The van der Waals surface area contributed by atoms with Gasteiger partial charge in [-0.1, -0.05) is 19.1 Å². The lowest BCUT2D eigenvalue weighted by molar-refractivity contribution is -0.146. The summed E-state index contributed by atoms with van der Waals surface area (Å²) in [6.45, 7) is 2.12. The Balaban J connectivity index is 2.74. The summed E-state index contributed by atoms with van der Waals surface area (Å²) in [7, 11) is 4.94. The molecule has 0 spiro atoms. The minimum Gasteiger partial charge on any atom is -0.392 e. The van der Waals surface area contributed by atoms with Crippen LogP contribution in [0.3, 0.4) is 0 Å². The van der Waals surface area contributed by atoms with Gasteiger partial charge in [0.15, 0.2) is 0 Å². The minimum absolute atomic E-state index is 0.0601. The molecule has 0 heterocycles. The molecule has 0 unspecified atom stereocenters. The molecular weight excluding hydrogens is 250 g/mol. The third-order valence-electron chi connectivity index (χ3n) is 3.49.